The van der Waals surface area contributed by atoms with Crippen molar-refractivity contribution in [3.8, 4) is 0 Å². The van der Waals surface area contributed by atoms with Gasteiger partial charge in [-0.05, 0) is 38.7 Å². The second-order valence-corrected chi connectivity index (χ2v) is 4.20. The molecule has 0 aliphatic rings. The molecule has 0 saturated heterocycles. The summed E-state index contributed by atoms with van der Waals surface area (Å²) in [6, 6.07) is -5.67. The van der Waals surface area contributed by atoms with Gasteiger partial charge in [0.1, 0.15) is 12.2 Å². The zero-order valence-corrected chi connectivity index (χ0v) is 12.4. The van der Waals surface area contributed by atoms with Crippen LogP contribution < -0.4 is 4.90 Å². The summed E-state index contributed by atoms with van der Waals surface area (Å²) in [5.41, 5.74) is -1.04. The van der Waals surface area contributed by atoms with Crippen molar-refractivity contribution in [1.82, 2.24) is 9.97 Å². The van der Waals surface area contributed by atoms with Crippen LogP contribution in [0.25, 0.3) is 0 Å². The SMILES string of the molecule is [2H]C([2H])([2H])C([2H])([2H])C(C(=O)OCC)N(c1nc(Cl)ncc1[N+](=O)[O-])C([2H])(C)C([2H])([2H])[2H]. The van der Waals surface area contributed by atoms with Gasteiger partial charge in [-0.25, -0.2) is 9.78 Å². The molecule has 0 N–H and O–H groups in total. The van der Waals surface area contributed by atoms with E-state index in [0.717, 1.165) is 0 Å². The molecule has 2 unspecified atom stereocenters. The molecule has 1 aromatic heterocycles. The molecule has 0 fully saturated rings. The summed E-state index contributed by atoms with van der Waals surface area (Å²) < 4.78 is 74.9. The number of anilines is 1. The minimum atomic E-state index is -3.54. The van der Waals surface area contributed by atoms with Gasteiger partial charge in [0.25, 0.3) is 0 Å². The zero-order chi connectivity index (χ0) is 24.6. The Kier molecular flexibility index (Phi) is 3.09. The van der Waals surface area contributed by atoms with Crippen LogP contribution in [-0.4, -0.2) is 39.5 Å². The molecule has 0 aliphatic heterocycles. The lowest BCUT2D eigenvalue weighted by Gasteiger charge is -2.33. The molecule has 1 rings (SSSR count). The largest absolute Gasteiger partial charge is 0.464 e. The van der Waals surface area contributed by atoms with E-state index in [2.05, 4.69) is 9.97 Å². The maximum absolute atomic E-state index is 12.7. The number of ether oxygens (including phenoxy) is 1. The van der Waals surface area contributed by atoms with Gasteiger partial charge in [-0.1, -0.05) is 6.85 Å². The predicted octanol–water partition coefficient (Wildman–Crippen LogP) is 2.59. The molecule has 9 heteroatoms. The number of halogens is 1. The molecule has 1 heterocycles. The monoisotopic (exact) mass is 339 g/mol. The quantitative estimate of drug-likeness (QED) is 0.326. The average Bonchev–Trinajstić information content (AvgIpc) is 2.56. The van der Waals surface area contributed by atoms with Crippen molar-refractivity contribution in [2.24, 2.45) is 0 Å². The van der Waals surface area contributed by atoms with Crippen molar-refractivity contribution in [2.75, 3.05) is 11.5 Å². The highest BCUT2D eigenvalue weighted by Gasteiger charge is 2.34. The van der Waals surface area contributed by atoms with E-state index >= 15 is 0 Å². The summed E-state index contributed by atoms with van der Waals surface area (Å²) in [5, 5.41) is 10.8. The van der Waals surface area contributed by atoms with Gasteiger partial charge in [0, 0.05) is 17.0 Å². The molecule has 0 saturated carbocycles. The Morgan fingerprint density at radius 2 is 2.50 bits per heavy atom. The van der Waals surface area contributed by atoms with Crippen LogP contribution in [0.15, 0.2) is 6.20 Å². The first-order chi connectivity index (χ1) is 13.8. The number of hydrogen-bond acceptors (Lipinski definition) is 7. The minimum Gasteiger partial charge on any atom is -0.464 e. The third kappa shape index (κ3) is 4.03. The van der Waals surface area contributed by atoms with Crippen molar-refractivity contribution < 1.29 is 26.8 Å². The highest BCUT2D eigenvalue weighted by molar-refractivity contribution is 6.28. The number of carbonyl (C=O) groups is 1. The molecular weight excluding hydrogens is 312 g/mol. The highest BCUT2D eigenvalue weighted by atomic mass is 35.5. The van der Waals surface area contributed by atoms with Crippen LogP contribution in [0, 0.1) is 10.1 Å². The van der Waals surface area contributed by atoms with E-state index in [-0.39, 0.29) is 11.5 Å². The van der Waals surface area contributed by atoms with E-state index in [4.69, 9.17) is 28.7 Å². The van der Waals surface area contributed by atoms with E-state index in [1.807, 2.05) is 0 Å². The molecule has 0 amide bonds. The summed E-state index contributed by atoms with van der Waals surface area (Å²) in [5.74, 6) is -2.61. The van der Waals surface area contributed by atoms with Crippen LogP contribution in [-0.2, 0) is 9.53 Å². The Bertz CT molecular complexity index is 847. The minimum absolute atomic E-state index is 0.0933. The lowest BCUT2D eigenvalue weighted by molar-refractivity contribution is -0.384. The van der Waals surface area contributed by atoms with Crippen LogP contribution in [0.4, 0.5) is 11.5 Å². The Morgan fingerprint density at radius 3 is 3.05 bits per heavy atom. The predicted molar refractivity (Wildman–Crippen MR) is 82.0 cm³/mol. The standard InChI is InChI=1S/C13H19ClN4O4/c1-5-9(12(19)22-6-2)17(8(3)4)11-10(18(20)21)7-15-13(14)16-11/h7-9H,5-6H2,1-4H3/i1D3,3D3,5D2,8D. The van der Waals surface area contributed by atoms with Gasteiger partial charge in [0.15, 0.2) is 0 Å². The van der Waals surface area contributed by atoms with Crippen molar-refractivity contribution in [1.29, 1.82) is 0 Å². The van der Waals surface area contributed by atoms with E-state index in [1.165, 1.54) is 6.92 Å². The molecule has 8 nitrogen and oxygen atoms in total. The number of aromatic nitrogens is 2. The van der Waals surface area contributed by atoms with Crippen LogP contribution in [0.2, 0.25) is 5.28 Å². The van der Waals surface area contributed by atoms with Gasteiger partial charge in [0.05, 0.1) is 12.9 Å². The van der Waals surface area contributed by atoms with Gasteiger partial charge >= 0.3 is 11.7 Å². The zero-order valence-electron chi connectivity index (χ0n) is 20.7. The molecule has 0 aliphatic carbocycles. The molecule has 0 spiro atoms. The van der Waals surface area contributed by atoms with Crippen molar-refractivity contribution in [3.05, 3.63) is 21.6 Å². The highest BCUT2D eigenvalue weighted by Crippen LogP contribution is 2.30. The van der Waals surface area contributed by atoms with E-state index in [0.29, 0.717) is 13.1 Å². The number of esters is 1. The first-order valence-electron chi connectivity index (χ1n) is 10.4. The van der Waals surface area contributed by atoms with Gasteiger partial charge in [0.2, 0.25) is 11.1 Å². The summed E-state index contributed by atoms with van der Waals surface area (Å²) in [7, 11) is 0. The van der Waals surface area contributed by atoms with Crippen LogP contribution in [0.3, 0.4) is 0 Å². The smallest absolute Gasteiger partial charge is 0.329 e. The second-order valence-electron chi connectivity index (χ2n) is 3.86. The Balaban J connectivity index is 4.11. The summed E-state index contributed by atoms with van der Waals surface area (Å²) in [4.78, 5) is 30.2. The number of carbonyl (C=O) groups excluding carboxylic acids is 1. The normalized spacial score (nSPS) is 22.6. The Hall–Kier alpha value is -1.96. The van der Waals surface area contributed by atoms with Gasteiger partial charge in [-0.15, -0.1) is 0 Å². The molecule has 2 atom stereocenters. The summed E-state index contributed by atoms with van der Waals surface area (Å²) >= 11 is 5.69. The third-order valence-corrected chi connectivity index (χ3v) is 2.59. The number of nitrogens with zero attached hydrogens (tertiary/aromatic N) is 4. The van der Waals surface area contributed by atoms with Crippen LogP contribution in [0.5, 0.6) is 0 Å². The van der Waals surface area contributed by atoms with Crippen molar-refractivity contribution in [2.45, 2.75) is 46.0 Å². The molecule has 0 bridgehead atoms. The van der Waals surface area contributed by atoms with E-state index in [1.54, 1.807) is 0 Å². The maximum atomic E-state index is 12.7. The fourth-order valence-corrected chi connectivity index (χ4v) is 1.71. The van der Waals surface area contributed by atoms with Crippen LogP contribution >= 0.6 is 11.6 Å². The first-order valence-corrected chi connectivity index (χ1v) is 6.31. The van der Waals surface area contributed by atoms with Crippen LogP contribution in [0.1, 0.15) is 46.3 Å². The number of rotatable bonds is 7. The van der Waals surface area contributed by atoms with Gasteiger partial charge in [-0.2, -0.15) is 4.98 Å². The molecule has 0 radical (unpaired) electrons. The molecule has 0 aromatic carbocycles. The maximum Gasteiger partial charge on any atom is 0.329 e. The topological polar surface area (TPSA) is 98.5 Å². The molecule has 22 heavy (non-hydrogen) atoms. The molecule has 1 aromatic rings. The van der Waals surface area contributed by atoms with Gasteiger partial charge < -0.3 is 9.64 Å². The third-order valence-electron chi connectivity index (χ3n) is 2.41. The fraction of sp³-hybridized carbons (Fsp3) is 0.615. The number of hydrogen-bond donors (Lipinski definition) is 0. The summed E-state index contributed by atoms with van der Waals surface area (Å²) in [6.07, 6.45) is -2.99. The van der Waals surface area contributed by atoms with E-state index < -0.39 is 59.8 Å². The second kappa shape index (κ2) is 7.88. The Morgan fingerprint density at radius 1 is 1.77 bits per heavy atom. The van der Waals surface area contributed by atoms with E-state index in [9.17, 15) is 14.9 Å². The summed E-state index contributed by atoms with van der Waals surface area (Å²) in [6.45, 7) is -5.23. The van der Waals surface area contributed by atoms with Crippen molar-refractivity contribution >= 4 is 29.1 Å². The molecular formula is C13H19ClN4O4. The lowest BCUT2D eigenvalue weighted by Crippen LogP contribution is -2.46. The number of nitro groups is 1. The fourth-order valence-electron chi connectivity index (χ4n) is 1.58. The first kappa shape index (κ1) is 8.61. The van der Waals surface area contributed by atoms with Gasteiger partial charge in [-0.3, -0.25) is 10.1 Å². The molecule has 122 valence electrons. The lowest BCUT2D eigenvalue weighted by atomic mass is 10.1. The average molecular weight is 340 g/mol. The Labute approximate surface area is 146 Å². The van der Waals surface area contributed by atoms with Crippen molar-refractivity contribution in [3.63, 3.8) is 0 Å².